The molecule has 0 amide bonds. The van der Waals surface area contributed by atoms with Crippen LogP contribution in [0.15, 0.2) is 23.8 Å². The molecule has 0 radical (unpaired) electrons. The van der Waals surface area contributed by atoms with E-state index in [0.717, 1.165) is 12.8 Å². The fourth-order valence-electron chi connectivity index (χ4n) is 4.92. The molecule has 3 rings (SSSR count). The Balaban J connectivity index is 1.75. The van der Waals surface area contributed by atoms with Crippen molar-refractivity contribution in [3.05, 3.63) is 23.8 Å². The highest BCUT2D eigenvalue weighted by atomic mass is 16.6. The molecule has 33 heavy (non-hydrogen) atoms. The number of carbonyl (C=O) groups is 2. The molecule has 2 aliphatic heterocycles. The summed E-state index contributed by atoms with van der Waals surface area (Å²) in [5.41, 5.74) is -1.47. The van der Waals surface area contributed by atoms with Crippen LogP contribution < -0.4 is 0 Å². The largest absolute Gasteiger partial charge is 0.481 e. The van der Waals surface area contributed by atoms with Gasteiger partial charge in [0.15, 0.2) is 0 Å². The molecule has 7 nitrogen and oxygen atoms in total. The number of hydrogen-bond donors (Lipinski definition) is 1. The zero-order chi connectivity index (χ0) is 24.8. The van der Waals surface area contributed by atoms with Gasteiger partial charge in [0, 0.05) is 7.11 Å². The average Bonchev–Trinajstić information content (AvgIpc) is 3.63. The number of esters is 1. The molecule has 0 aromatic rings. The smallest absolute Gasteiger partial charge is 0.315 e. The Morgan fingerprint density at radius 3 is 2.27 bits per heavy atom. The summed E-state index contributed by atoms with van der Waals surface area (Å²) in [6.07, 6.45) is 6.95. The first-order chi connectivity index (χ1) is 15.2. The Hall–Kier alpha value is -1.70. The molecule has 1 aliphatic carbocycles. The number of rotatable bonds is 9. The van der Waals surface area contributed by atoms with Crippen LogP contribution in [-0.4, -0.2) is 60.3 Å². The predicted molar refractivity (Wildman–Crippen MR) is 124 cm³/mol. The number of carboxylic acids is 1. The third-order valence-corrected chi connectivity index (χ3v) is 7.49. The molecule has 7 heteroatoms. The van der Waals surface area contributed by atoms with Gasteiger partial charge in [0.1, 0.15) is 23.4 Å². The number of carbonyl (C=O) groups excluding carboxylic acids is 1. The van der Waals surface area contributed by atoms with E-state index in [0.29, 0.717) is 13.0 Å². The van der Waals surface area contributed by atoms with E-state index in [1.807, 2.05) is 0 Å². The van der Waals surface area contributed by atoms with E-state index in [1.54, 1.807) is 47.0 Å². The van der Waals surface area contributed by atoms with Gasteiger partial charge in [-0.2, -0.15) is 0 Å². The van der Waals surface area contributed by atoms with Crippen LogP contribution in [0.1, 0.15) is 67.7 Å². The molecule has 0 aromatic heterocycles. The number of allylic oxidation sites excluding steroid dienone is 1. The van der Waals surface area contributed by atoms with Crippen molar-refractivity contribution in [2.24, 2.45) is 16.7 Å². The summed E-state index contributed by atoms with van der Waals surface area (Å²) in [5, 5.41) is 9.35. The van der Waals surface area contributed by atoms with Gasteiger partial charge in [0.2, 0.25) is 0 Å². The van der Waals surface area contributed by atoms with Crippen molar-refractivity contribution in [3.63, 3.8) is 0 Å². The van der Waals surface area contributed by atoms with Crippen molar-refractivity contribution in [1.29, 1.82) is 0 Å². The van der Waals surface area contributed by atoms with Crippen LogP contribution in [0, 0.1) is 16.7 Å². The standard InChI is InChI=1S/C26H40O7/c1-16(2)9-10-18-25(7,33-18)20-19(30-8)17(11-12-26(20)15-31-26)32-22(29)24(5,6)14-13-23(3,4)21(27)28/h9,13-14,17-20H,10-12,15H2,1-8H3,(H,27,28). The van der Waals surface area contributed by atoms with Gasteiger partial charge >= 0.3 is 11.9 Å². The second kappa shape index (κ2) is 8.82. The molecule has 186 valence electrons. The van der Waals surface area contributed by atoms with Crippen LogP contribution in [0.5, 0.6) is 0 Å². The van der Waals surface area contributed by atoms with E-state index in [-0.39, 0.29) is 23.7 Å². The van der Waals surface area contributed by atoms with E-state index in [4.69, 9.17) is 18.9 Å². The van der Waals surface area contributed by atoms with E-state index in [2.05, 4.69) is 26.8 Å². The molecule has 0 bridgehead atoms. The maximum atomic E-state index is 13.1. The summed E-state index contributed by atoms with van der Waals surface area (Å²) < 4.78 is 24.1. The van der Waals surface area contributed by atoms with Gasteiger partial charge in [-0.1, -0.05) is 23.8 Å². The fourth-order valence-corrected chi connectivity index (χ4v) is 4.92. The minimum Gasteiger partial charge on any atom is -0.481 e. The minimum absolute atomic E-state index is 0.0401. The van der Waals surface area contributed by atoms with Crippen LogP contribution in [0.25, 0.3) is 0 Å². The van der Waals surface area contributed by atoms with Crippen LogP contribution in [-0.2, 0) is 28.5 Å². The zero-order valence-electron chi connectivity index (χ0n) is 21.3. The highest BCUT2D eigenvalue weighted by molar-refractivity contribution is 5.80. The molecule has 1 N–H and O–H groups in total. The lowest BCUT2D eigenvalue weighted by molar-refractivity contribution is -0.178. The quantitative estimate of drug-likeness (QED) is 0.309. The molecule has 6 unspecified atom stereocenters. The molecule has 0 aromatic carbocycles. The first kappa shape index (κ1) is 25.9. The van der Waals surface area contributed by atoms with Gasteiger partial charge in [0.25, 0.3) is 0 Å². The third kappa shape index (κ3) is 5.20. The number of methoxy groups -OCH3 is 1. The van der Waals surface area contributed by atoms with Crippen LogP contribution >= 0.6 is 0 Å². The second-order valence-electron chi connectivity index (χ2n) is 11.4. The van der Waals surface area contributed by atoms with Crippen molar-refractivity contribution in [2.45, 2.75) is 97.2 Å². The molecule has 3 aliphatic rings. The van der Waals surface area contributed by atoms with E-state index < -0.39 is 34.5 Å². The molecule has 1 saturated carbocycles. The number of carboxylic acid groups (broad SMARTS) is 1. The molecular weight excluding hydrogens is 424 g/mol. The van der Waals surface area contributed by atoms with E-state index >= 15 is 0 Å². The van der Waals surface area contributed by atoms with Gasteiger partial charge < -0.3 is 24.1 Å². The number of ether oxygens (including phenoxy) is 4. The lowest BCUT2D eigenvalue weighted by atomic mass is 9.68. The lowest BCUT2D eigenvalue weighted by Crippen LogP contribution is -2.56. The molecule has 6 atom stereocenters. The maximum Gasteiger partial charge on any atom is 0.315 e. The van der Waals surface area contributed by atoms with Gasteiger partial charge in [-0.3, -0.25) is 9.59 Å². The Bertz CT molecular complexity index is 832. The van der Waals surface area contributed by atoms with Crippen molar-refractivity contribution < 1.29 is 33.6 Å². The highest BCUT2D eigenvalue weighted by Gasteiger charge is 2.72. The predicted octanol–water partition coefficient (Wildman–Crippen LogP) is 4.30. The Kier molecular flexibility index (Phi) is 6.93. The Morgan fingerprint density at radius 2 is 1.76 bits per heavy atom. The number of aliphatic carboxylic acids is 1. The Morgan fingerprint density at radius 1 is 1.15 bits per heavy atom. The fraction of sp³-hybridized carbons (Fsp3) is 0.769. The monoisotopic (exact) mass is 464 g/mol. The van der Waals surface area contributed by atoms with Crippen molar-refractivity contribution >= 4 is 11.9 Å². The van der Waals surface area contributed by atoms with Crippen LogP contribution in [0.2, 0.25) is 0 Å². The van der Waals surface area contributed by atoms with Crippen LogP contribution in [0.4, 0.5) is 0 Å². The van der Waals surface area contributed by atoms with Gasteiger partial charge in [-0.05, 0) is 67.7 Å². The maximum absolute atomic E-state index is 13.1. The normalized spacial score (nSPS) is 36.0. The first-order valence-electron chi connectivity index (χ1n) is 11.8. The molecule has 2 heterocycles. The molecule has 3 fully saturated rings. The third-order valence-electron chi connectivity index (χ3n) is 7.49. The summed E-state index contributed by atoms with van der Waals surface area (Å²) >= 11 is 0. The zero-order valence-corrected chi connectivity index (χ0v) is 21.3. The van der Waals surface area contributed by atoms with Crippen molar-refractivity contribution in [1.82, 2.24) is 0 Å². The highest BCUT2D eigenvalue weighted by Crippen LogP contribution is 2.59. The molecule has 1 spiro atoms. The van der Waals surface area contributed by atoms with Gasteiger partial charge in [0.05, 0.1) is 29.5 Å². The summed E-state index contributed by atoms with van der Waals surface area (Å²) in [6.45, 7) is 13.6. The SMILES string of the molecule is COC1C(OC(=O)C(C)(C)C=CC(C)(C)C(=O)O)CCC2(CO2)C1C1(C)OC1CC=C(C)C. The number of epoxide rings is 2. The summed E-state index contributed by atoms with van der Waals surface area (Å²) in [6, 6.07) is 0. The number of hydrogen-bond acceptors (Lipinski definition) is 6. The first-order valence-corrected chi connectivity index (χ1v) is 11.8. The summed E-state index contributed by atoms with van der Waals surface area (Å²) in [5.74, 6) is -1.39. The van der Waals surface area contributed by atoms with Crippen LogP contribution in [0.3, 0.4) is 0 Å². The summed E-state index contributed by atoms with van der Waals surface area (Å²) in [4.78, 5) is 24.5. The van der Waals surface area contributed by atoms with Crippen molar-refractivity contribution in [3.8, 4) is 0 Å². The summed E-state index contributed by atoms with van der Waals surface area (Å²) in [7, 11) is 1.65. The topological polar surface area (TPSA) is 97.9 Å². The molecular formula is C26H40O7. The van der Waals surface area contributed by atoms with E-state index in [1.165, 1.54) is 5.57 Å². The van der Waals surface area contributed by atoms with Gasteiger partial charge in [-0.25, -0.2) is 0 Å². The molecule has 2 saturated heterocycles. The minimum atomic E-state index is -1.07. The van der Waals surface area contributed by atoms with E-state index in [9.17, 15) is 14.7 Å². The van der Waals surface area contributed by atoms with Crippen molar-refractivity contribution in [2.75, 3.05) is 13.7 Å². The average molecular weight is 465 g/mol. The second-order valence-corrected chi connectivity index (χ2v) is 11.4. The lowest BCUT2D eigenvalue weighted by Gasteiger charge is -2.43. The van der Waals surface area contributed by atoms with Gasteiger partial charge in [-0.15, -0.1) is 0 Å². The Labute approximate surface area is 197 Å².